The molecular formula is C21H39N5O6. The molecule has 32 heavy (non-hydrogen) atoms. The van der Waals surface area contributed by atoms with Gasteiger partial charge in [-0.25, -0.2) is 4.79 Å². The zero-order valence-corrected chi connectivity index (χ0v) is 19.3. The van der Waals surface area contributed by atoms with Gasteiger partial charge in [0, 0.05) is 6.54 Å². The van der Waals surface area contributed by atoms with Gasteiger partial charge in [-0.05, 0) is 45.1 Å². The molecule has 1 rings (SSSR count). The Kier molecular flexibility index (Phi) is 11.6. The number of nitrogens with zero attached hydrogens (tertiary/aromatic N) is 1. The van der Waals surface area contributed by atoms with E-state index in [-0.39, 0.29) is 11.8 Å². The second-order valence-electron chi connectivity index (χ2n) is 8.52. The number of rotatable bonds is 13. The van der Waals surface area contributed by atoms with Crippen molar-refractivity contribution in [1.82, 2.24) is 15.5 Å². The molecule has 0 spiro atoms. The van der Waals surface area contributed by atoms with Crippen molar-refractivity contribution in [2.45, 2.75) is 89.6 Å². The molecule has 6 atom stereocenters. The third kappa shape index (κ3) is 7.72. The fourth-order valence-electron chi connectivity index (χ4n) is 3.73. The Bertz CT molecular complexity index is 659. The maximum atomic E-state index is 13.0. The summed E-state index contributed by atoms with van der Waals surface area (Å²) in [7, 11) is 0. The molecular weight excluding hydrogens is 418 g/mol. The van der Waals surface area contributed by atoms with Gasteiger partial charge in [0.15, 0.2) is 6.04 Å². The van der Waals surface area contributed by atoms with Crippen LogP contribution in [0.2, 0.25) is 0 Å². The molecule has 0 saturated carbocycles. The smallest absolute Gasteiger partial charge is 0.328 e. The Morgan fingerprint density at radius 2 is 1.78 bits per heavy atom. The Morgan fingerprint density at radius 3 is 2.31 bits per heavy atom. The van der Waals surface area contributed by atoms with E-state index in [4.69, 9.17) is 11.5 Å². The highest BCUT2D eigenvalue weighted by Gasteiger charge is 2.39. The second kappa shape index (κ2) is 13.3. The number of aliphatic hydroxyl groups is 1. The summed E-state index contributed by atoms with van der Waals surface area (Å²) >= 11 is 0. The Morgan fingerprint density at radius 1 is 1.12 bits per heavy atom. The summed E-state index contributed by atoms with van der Waals surface area (Å²) in [6.45, 7) is 5.78. The van der Waals surface area contributed by atoms with Crippen LogP contribution in [0.15, 0.2) is 0 Å². The van der Waals surface area contributed by atoms with Gasteiger partial charge in [-0.15, -0.1) is 0 Å². The van der Waals surface area contributed by atoms with Gasteiger partial charge >= 0.3 is 5.97 Å². The predicted molar refractivity (Wildman–Crippen MR) is 118 cm³/mol. The summed E-state index contributed by atoms with van der Waals surface area (Å²) in [4.78, 5) is 51.4. The SMILES string of the molecule is CCC(C)C(NC(=O)C1CCCN1C(=O)C(N)CCCCN)C(=O)NC(C(=O)O)C(C)O. The molecule has 1 fully saturated rings. The molecule has 11 nitrogen and oxygen atoms in total. The van der Waals surface area contributed by atoms with Crippen LogP contribution in [-0.2, 0) is 19.2 Å². The number of nitrogens with two attached hydrogens (primary N) is 2. The lowest BCUT2D eigenvalue weighted by Gasteiger charge is -2.30. The van der Waals surface area contributed by atoms with Crippen LogP contribution in [0.1, 0.15) is 59.3 Å². The van der Waals surface area contributed by atoms with Gasteiger partial charge in [0.1, 0.15) is 12.1 Å². The molecule has 1 aliphatic heterocycles. The second-order valence-corrected chi connectivity index (χ2v) is 8.52. The highest BCUT2D eigenvalue weighted by atomic mass is 16.4. The number of nitrogens with one attached hydrogen (secondary N) is 2. The number of aliphatic carboxylic acids is 1. The molecule has 1 saturated heterocycles. The molecule has 3 amide bonds. The number of carboxylic acids is 1. The third-order valence-corrected chi connectivity index (χ3v) is 5.96. The van der Waals surface area contributed by atoms with Crippen LogP contribution in [0.3, 0.4) is 0 Å². The first-order chi connectivity index (χ1) is 15.0. The maximum Gasteiger partial charge on any atom is 0.328 e. The summed E-state index contributed by atoms with van der Waals surface area (Å²) in [6, 6.07) is -3.97. The van der Waals surface area contributed by atoms with E-state index in [1.54, 1.807) is 6.92 Å². The fraction of sp³-hybridized carbons (Fsp3) is 0.810. The first-order valence-corrected chi connectivity index (χ1v) is 11.3. The Hall–Kier alpha value is -2.24. The lowest BCUT2D eigenvalue weighted by Crippen LogP contribution is -2.59. The van der Waals surface area contributed by atoms with Gasteiger partial charge in [0.25, 0.3) is 0 Å². The zero-order valence-electron chi connectivity index (χ0n) is 19.3. The quantitative estimate of drug-likeness (QED) is 0.188. The molecule has 0 aliphatic carbocycles. The molecule has 1 heterocycles. The number of unbranched alkanes of at least 4 members (excludes halogenated alkanes) is 1. The molecule has 1 aliphatic rings. The topological polar surface area (TPSA) is 188 Å². The monoisotopic (exact) mass is 457 g/mol. The molecule has 6 unspecified atom stereocenters. The van der Waals surface area contributed by atoms with E-state index >= 15 is 0 Å². The number of carbonyl (C=O) groups is 4. The van der Waals surface area contributed by atoms with Crippen molar-refractivity contribution in [2.75, 3.05) is 13.1 Å². The average molecular weight is 458 g/mol. The number of carboxylic acid groups (broad SMARTS) is 1. The van der Waals surface area contributed by atoms with Gasteiger partial charge in [-0.3, -0.25) is 14.4 Å². The Labute approximate surface area is 189 Å². The van der Waals surface area contributed by atoms with Gasteiger partial charge in [-0.2, -0.15) is 0 Å². The minimum Gasteiger partial charge on any atom is -0.480 e. The van der Waals surface area contributed by atoms with E-state index in [0.29, 0.717) is 38.8 Å². The molecule has 8 N–H and O–H groups in total. The van der Waals surface area contributed by atoms with Crippen molar-refractivity contribution >= 4 is 23.7 Å². The van der Waals surface area contributed by atoms with E-state index in [1.807, 2.05) is 6.92 Å². The van der Waals surface area contributed by atoms with Crippen LogP contribution >= 0.6 is 0 Å². The van der Waals surface area contributed by atoms with E-state index < -0.39 is 48.1 Å². The molecule has 0 bridgehead atoms. The highest BCUT2D eigenvalue weighted by molar-refractivity contribution is 5.94. The summed E-state index contributed by atoms with van der Waals surface area (Å²) < 4.78 is 0. The standard InChI is InChI=1S/C21H39N5O6/c1-4-12(2)16(19(29)25-17(13(3)27)21(31)32)24-18(28)15-9-7-11-26(15)20(30)14(23)8-5-6-10-22/h12-17,27H,4-11,22-23H2,1-3H3,(H,24,28)(H,25,29)(H,31,32). The van der Waals surface area contributed by atoms with E-state index in [9.17, 15) is 29.4 Å². The summed E-state index contributed by atoms with van der Waals surface area (Å²) in [6.07, 6.45) is 2.29. The van der Waals surface area contributed by atoms with Crippen molar-refractivity contribution in [3.05, 3.63) is 0 Å². The maximum absolute atomic E-state index is 13.0. The third-order valence-electron chi connectivity index (χ3n) is 5.96. The minimum atomic E-state index is -1.50. The number of carbonyl (C=O) groups excluding carboxylic acids is 3. The van der Waals surface area contributed by atoms with Crippen LogP contribution in [-0.4, -0.2) is 82.2 Å². The van der Waals surface area contributed by atoms with Gasteiger partial charge in [-0.1, -0.05) is 26.7 Å². The number of amides is 3. The molecule has 184 valence electrons. The van der Waals surface area contributed by atoms with Gasteiger partial charge < -0.3 is 37.2 Å². The van der Waals surface area contributed by atoms with Crippen LogP contribution < -0.4 is 22.1 Å². The van der Waals surface area contributed by atoms with Crippen molar-refractivity contribution in [2.24, 2.45) is 17.4 Å². The summed E-state index contributed by atoms with van der Waals surface area (Å²) in [5.74, 6) is -3.15. The highest BCUT2D eigenvalue weighted by Crippen LogP contribution is 2.20. The predicted octanol–water partition coefficient (Wildman–Crippen LogP) is -1.09. The minimum absolute atomic E-state index is 0.300. The van der Waals surface area contributed by atoms with E-state index in [2.05, 4.69) is 10.6 Å². The van der Waals surface area contributed by atoms with Gasteiger partial charge in [0.2, 0.25) is 17.7 Å². The van der Waals surface area contributed by atoms with E-state index in [1.165, 1.54) is 11.8 Å². The van der Waals surface area contributed by atoms with E-state index in [0.717, 1.165) is 12.8 Å². The molecule has 11 heteroatoms. The lowest BCUT2D eigenvalue weighted by molar-refractivity contribution is -0.146. The van der Waals surface area contributed by atoms with Crippen molar-refractivity contribution < 1.29 is 29.4 Å². The number of hydrogen-bond donors (Lipinski definition) is 6. The summed E-state index contributed by atoms with van der Waals surface area (Å²) in [5.41, 5.74) is 11.5. The van der Waals surface area contributed by atoms with Gasteiger partial charge in [0.05, 0.1) is 12.1 Å². The molecule has 0 aromatic carbocycles. The van der Waals surface area contributed by atoms with Crippen LogP contribution in [0.4, 0.5) is 0 Å². The van der Waals surface area contributed by atoms with Crippen molar-refractivity contribution in [1.29, 1.82) is 0 Å². The normalized spacial score (nSPS) is 20.7. The number of aliphatic hydroxyl groups excluding tert-OH is 1. The summed E-state index contributed by atoms with van der Waals surface area (Å²) in [5, 5.41) is 23.9. The molecule has 0 aromatic heterocycles. The Balaban J connectivity index is 2.89. The van der Waals surface area contributed by atoms with Crippen LogP contribution in [0.5, 0.6) is 0 Å². The largest absolute Gasteiger partial charge is 0.480 e. The lowest BCUT2D eigenvalue weighted by atomic mass is 9.97. The zero-order chi connectivity index (χ0) is 24.4. The number of likely N-dealkylation sites (tertiary alicyclic amines) is 1. The average Bonchev–Trinajstić information content (AvgIpc) is 3.23. The van der Waals surface area contributed by atoms with Crippen LogP contribution in [0.25, 0.3) is 0 Å². The van der Waals surface area contributed by atoms with Crippen LogP contribution in [0, 0.1) is 5.92 Å². The first kappa shape index (κ1) is 27.8. The molecule has 0 radical (unpaired) electrons. The number of hydrogen-bond acceptors (Lipinski definition) is 7. The fourth-order valence-corrected chi connectivity index (χ4v) is 3.73. The first-order valence-electron chi connectivity index (χ1n) is 11.3. The van der Waals surface area contributed by atoms with Crippen molar-refractivity contribution in [3.63, 3.8) is 0 Å². The molecule has 0 aromatic rings. The van der Waals surface area contributed by atoms with Crippen molar-refractivity contribution in [3.8, 4) is 0 Å².